The Balaban J connectivity index is 1.60. The van der Waals surface area contributed by atoms with Crippen LogP contribution in [0, 0.1) is 0 Å². The number of anilines is 1. The number of benzene rings is 2. The zero-order chi connectivity index (χ0) is 19.2. The lowest BCUT2D eigenvalue weighted by Crippen LogP contribution is -2.14. The van der Waals surface area contributed by atoms with Gasteiger partial charge in [-0.05, 0) is 35.7 Å². The summed E-state index contributed by atoms with van der Waals surface area (Å²) in [5.74, 6) is 1.47. The SMILES string of the molecule is COc1ccccc1-c1nnc(SCC(=O)Nc2cccc(C(C)C)c2)o1. The molecule has 0 aliphatic rings. The number of ether oxygens (including phenoxy) is 1. The predicted octanol–water partition coefficient (Wildman–Crippen LogP) is 4.60. The minimum Gasteiger partial charge on any atom is -0.496 e. The van der Waals surface area contributed by atoms with Crippen molar-refractivity contribution in [1.82, 2.24) is 10.2 Å². The molecule has 0 aliphatic carbocycles. The molecule has 1 amide bonds. The van der Waals surface area contributed by atoms with Crippen molar-refractivity contribution in [1.29, 1.82) is 0 Å². The van der Waals surface area contributed by atoms with Gasteiger partial charge in [0.2, 0.25) is 5.91 Å². The largest absolute Gasteiger partial charge is 0.496 e. The molecule has 2 aromatic carbocycles. The van der Waals surface area contributed by atoms with Crippen molar-refractivity contribution in [3.63, 3.8) is 0 Å². The summed E-state index contributed by atoms with van der Waals surface area (Å²) in [7, 11) is 1.59. The zero-order valence-electron chi connectivity index (χ0n) is 15.4. The lowest BCUT2D eigenvalue weighted by Gasteiger charge is -2.09. The molecule has 0 atom stereocenters. The highest BCUT2D eigenvalue weighted by molar-refractivity contribution is 7.99. The van der Waals surface area contributed by atoms with Crippen molar-refractivity contribution >= 4 is 23.4 Å². The molecule has 0 aliphatic heterocycles. The fourth-order valence-corrected chi connectivity index (χ4v) is 3.06. The van der Waals surface area contributed by atoms with E-state index >= 15 is 0 Å². The Morgan fingerprint density at radius 3 is 2.78 bits per heavy atom. The van der Waals surface area contributed by atoms with E-state index in [1.165, 1.54) is 17.3 Å². The van der Waals surface area contributed by atoms with Gasteiger partial charge in [-0.1, -0.05) is 49.9 Å². The van der Waals surface area contributed by atoms with Crippen LogP contribution in [0.5, 0.6) is 5.75 Å². The first-order chi connectivity index (χ1) is 13.1. The van der Waals surface area contributed by atoms with Crippen molar-refractivity contribution in [2.24, 2.45) is 0 Å². The van der Waals surface area contributed by atoms with Crippen molar-refractivity contribution in [3.05, 3.63) is 54.1 Å². The molecule has 6 nitrogen and oxygen atoms in total. The normalized spacial score (nSPS) is 10.8. The first-order valence-corrected chi connectivity index (χ1v) is 9.55. The minimum absolute atomic E-state index is 0.127. The number of carbonyl (C=O) groups excluding carboxylic acids is 1. The fourth-order valence-electron chi connectivity index (χ4n) is 2.50. The van der Waals surface area contributed by atoms with Crippen molar-refractivity contribution in [2.75, 3.05) is 18.2 Å². The van der Waals surface area contributed by atoms with Gasteiger partial charge in [0.1, 0.15) is 5.75 Å². The van der Waals surface area contributed by atoms with Crippen LogP contribution >= 0.6 is 11.8 Å². The summed E-state index contributed by atoms with van der Waals surface area (Å²) in [6, 6.07) is 15.3. The number of methoxy groups -OCH3 is 1. The van der Waals surface area contributed by atoms with Crippen LogP contribution in [0.2, 0.25) is 0 Å². The van der Waals surface area contributed by atoms with Gasteiger partial charge in [-0.15, -0.1) is 10.2 Å². The van der Waals surface area contributed by atoms with Gasteiger partial charge >= 0.3 is 0 Å². The maximum absolute atomic E-state index is 12.2. The number of hydrogen-bond donors (Lipinski definition) is 1. The number of nitrogens with zero attached hydrogens (tertiary/aromatic N) is 2. The molecule has 0 spiro atoms. The summed E-state index contributed by atoms with van der Waals surface area (Å²) in [6.07, 6.45) is 0. The summed E-state index contributed by atoms with van der Waals surface area (Å²) < 4.78 is 10.9. The Bertz CT molecular complexity index is 924. The van der Waals surface area contributed by atoms with E-state index in [1.807, 2.05) is 48.5 Å². The van der Waals surface area contributed by atoms with Crippen LogP contribution < -0.4 is 10.1 Å². The molecule has 1 heterocycles. The molecule has 0 fully saturated rings. The molecule has 0 radical (unpaired) electrons. The molecular formula is C20H21N3O3S. The Morgan fingerprint density at radius 2 is 2.00 bits per heavy atom. The second-order valence-corrected chi connectivity index (χ2v) is 7.12. The van der Waals surface area contributed by atoms with E-state index in [4.69, 9.17) is 9.15 Å². The van der Waals surface area contributed by atoms with Gasteiger partial charge in [0.15, 0.2) is 0 Å². The van der Waals surface area contributed by atoms with E-state index in [1.54, 1.807) is 7.11 Å². The molecular weight excluding hydrogens is 362 g/mol. The molecule has 0 saturated heterocycles. The monoisotopic (exact) mass is 383 g/mol. The second kappa shape index (κ2) is 8.73. The van der Waals surface area contributed by atoms with Gasteiger partial charge in [-0.25, -0.2) is 0 Å². The van der Waals surface area contributed by atoms with Gasteiger partial charge in [0, 0.05) is 5.69 Å². The van der Waals surface area contributed by atoms with Crippen molar-refractivity contribution < 1.29 is 13.9 Å². The van der Waals surface area contributed by atoms with Gasteiger partial charge < -0.3 is 14.5 Å². The number of amides is 1. The molecule has 3 rings (SSSR count). The van der Waals surface area contributed by atoms with Crippen LogP contribution in [0.15, 0.2) is 58.2 Å². The van der Waals surface area contributed by atoms with Crippen molar-refractivity contribution in [3.8, 4) is 17.2 Å². The number of thioether (sulfide) groups is 1. The second-order valence-electron chi connectivity index (χ2n) is 6.19. The maximum Gasteiger partial charge on any atom is 0.277 e. The maximum atomic E-state index is 12.2. The molecule has 3 aromatic rings. The predicted molar refractivity (Wildman–Crippen MR) is 106 cm³/mol. The van der Waals surface area contributed by atoms with Gasteiger partial charge in [-0.3, -0.25) is 4.79 Å². The third-order valence-electron chi connectivity index (χ3n) is 3.91. The molecule has 1 aromatic heterocycles. The summed E-state index contributed by atoms with van der Waals surface area (Å²) >= 11 is 1.19. The number of rotatable bonds is 7. The molecule has 7 heteroatoms. The van der Waals surface area contributed by atoms with Crippen LogP contribution in [0.4, 0.5) is 5.69 Å². The van der Waals surface area contributed by atoms with E-state index in [-0.39, 0.29) is 11.7 Å². The number of aromatic nitrogens is 2. The average molecular weight is 383 g/mol. The summed E-state index contributed by atoms with van der Waals surface area (Å²) in [5, 5.41) is 11.3. The summed E-state index contributed by atoms with van der Waals surface area (Å²) in [5.41, 5.74) is 2.68. The first-order valence-electron chi connectivity index (χ1n) is 8.56. The highest BCUT2D eigenvalue weighted by Gasteiger charge is 2.14. The topological polar surface area (TPSA) is 77.2 Å². The van der Waals surface area contributed by atoms with Crippen LogP contribution in [0.25, 0.3) is 11.5 Å². The third kappa shape index (κ3) is 4.89. The van der Waals surface area contributed by atoms with Crippen LogP contribution in [-0.4, -0.2) is 29.0 Å². The number of carbonyl (C=O) groups is 1. The molecule has 1 N–H and O–H groups in total. The average Bonchev–Trinajstić information content (AvgIpc) is 3.15. The Morgan fingerprint density at radius 1 is 1.19 bits per heavy atom. The van der Waals surface area contributed by atoms with Crippen LogP contribution in [-0.2, 0) is 4.79 Å². The highest BCUT2D eigenvalue weighted by Crippen LogP contribution is 2.30. The van der Waals surface area contributed by atoms with Crippen LogP contribution in [0.3, 0.4) is 0 Å². The smallest absolute Gasteiger partial charge is 0.277 e. The van der Waals surface area contributed by atoms with E-state index in [9.17, 15) is 4.79 Å². The van der Waals surface area contributed by atoms with E-state index in [0.717, 1.165) is 5.69 Å². The molecule has 27 heavy (non-hydrogen) atoms. The van der Waals surface area contributed by atoms with Gasteiger partial charge in [0.05, 0.1) is 18.4 Å². The van der Waals surface area contributed by atoms with E-state index in [0.29, 0.717) is 28.3 Å². The number of hydrogen-bond acceptors (Lipinski definition) is 6. The lowest BCUT2D eigenvalue weighted by atomic mass is 10.0. The van der Waals surface area contributed by atoms with Gasteiger partial charge in [0.25, 0.3) is 11.1 Å². The molecule has 0 saturated carbocycles. The Kier molecular flexibility index (Phi) is 6.13. The van der Waals surface area contributed by atoms with Crippen LogP contribution in [0.1, 0.15) is 25.3 Å². The molecule has 0 bridgehead atoms. The number of nitrogens with one attached hydrogen (secondary N) is 1. The quantitative estimate of drug-likeness (QED) is 0.601. The van der Waals surface area contributed by atoms with Crippen molar-refractivity contribution in [2.45, 2.75) is 25.0 Å². The molecule has 0 unspecified atom stereocenters. The van der Waals surface area contributed by atoms with E-state index in [2.05, 4.69) is 29.4 Å². The number of para-hydroxylation sites is 1. The lowest BCUT2D eigenvalue weighted by molar-refractivity contribution is -0.113. The van der Waals surface area contributed by atoms with Gasteiger partial charge in [-0.2, -0.15) is 0 Å². The summed E-state index contributed by atoms with van der Waals surface area (Å²) in [4.78, 5) is 12.2. The zero-order valence-corrected chi connectivity index (χ0v) is 16.2. The third-order valence-corrected chi connectivity index (χ3v) is 4.73. The fraction of sp³-hybridized carbons (Fsp3) is 0.250. The summed E-state index contributed by atoms with van der Waals surface area (Å²) in [6.45, 7) is 4.23. The Labute approximate surface area is 162 Å². The standard InChI is InChI=1S/C20H21N3O3S/c1-13(2)14-7-6-8-15(11-14)21-18(24)12-27-20-23-22-19(26-20)16-9-4-5-10-17(16)25-3/h4-11,13H,12H2,1-3H3,(H,21,24). The first kappa shape index (κ1) is 19.0. The van der Waals surface area contributed by atoms with E-state index < -0.39 is 0 Å². The Hall–Kier alpha value is -2.80. The highest BCUT2D eigenvalue weighted by atomic mass is 32.2. The minimum atomic E-state index is -0.127. The molecule has 140 valence electrons.